The fourth-order valence-corrected chi connectivity index (χ4v) is 9.49. The fraction of sp³-hybridized carbons (Fsp3) is 0.617. The van der Waals surface area contributed by atoms with Gasteiger partial charge in [-0.2, -0.15) is 0 Å². The number of carbonyl (C=O) groups excluding carboxylic acids is 5. The smallest absolute Gasteiger partial charge is 0.419 e. The molecule has 1 aromatic heterocycles. The van der Waals surface area contributed by atoms with Crippen molar-refractivity contribution in [2.75, 3.05) is 71.3 Å². The van der Waals surface area contributed by atoms with Gasteiger partial charge in [0.05, 0.1) is 12.1 Å². The number of oxazole rings is 1. The van der Waals surface area contributed by atoms with Gasteiger partial charge in [0.25, 0.3) is 5.91 Å². The number of urea groups is 1. The topological polar surface area (TPSA) is 167 Å². The van der Waals surface area contributed by atoms with Crippen molar-refractivity contribution in [3.63, 3.8) is 0 Å². The molecule has 8 rings (SSSR count). The Balaban J connectivity index is 0.000000292. The summed E-state index contributed by atoms with van der Waals surface area (Å²) >= 11 is 0. The van der Waals surface area contributed by atoms with E-state index in [0.29, 0.717) is 82.2 Å². The second-order valence-electron chi connectivity index (χ2n) is 17.7. The van der Waals surface area contributed by atoms with Gasteiger partial charge in [-0.3, -0.25) is 23.9 Å². The molecule has 5 aliphatic heterocycles. The largest absolute Gasteiger partial charge is 0.464 e. The van der Waals surface area contributed by atoms with Crippen LogP contribution in [-0.4, -0.2) is 143 Å². The number of nitrogens with zero attached hydrogens (tertiary/aromatic N) is 6. The van der Waals surface area contributed by atoms with Crippen molar-refractivity contribution < 1.29 is 37.9 Å². The number of hydrogen-bond donors (Lipinski definition) is 1. The van der Waals surface area contributed by atoms with E-state index < -0.39 is 18.0 Å². The van der Waals surface area contributed by atoms with Crippen molar-refractivity contribution >= 4 is 46.7 Å². The number of fused-ring (bicyclic) bond motifs is 2. The molecule has 4 fully saturated rings. The molecule has 0 saturated carbocycles. The van der Waals surface area contributed by atoms with Gasteiger partial charge in [-0.25, -0.2) is 14.4 Å². The van der Waals surface area contributed by atoms with Crippen LogP contribution in [0.2, 0.25) is 0 Å². The maximum atomic E-state index is 13.8. The van der Waals surface area contributed by atoms with Gasteiger partial charge in [0.2, 0.25) is 5.91 Å². The lowest BCUT2D eigenvalue weighted by molar-refractivity contribution is -0.148. The van der Waals surface area contributed by atoms with Gasteiger partial charge in [-0.15, -0.1) is 0 Å². The number of rotatable bonds is 10. The van der Waals surface area contributed by atoms with Gasteiger partial charge in [0.15, 0.2) is 11.7 Å². The van der Waals surface area contributed by atoms with E-state index in [0.717, 1.165) is 80.4 Å². The molecule has 2 atom stereocenters. The normalized spacial score (nSPS) is 20.3. The molecule has 5 amide bonds. The number of hydrogen-bond acceptors (Lipinski definition) is 10. The minimum atomic E-state index is -1.00. The first-order chi connectivity index (χ1) is 29.9. The first-order valence-electron chi connectivity index (χ1n) is 22.5. The molecule has 0 aliphatic carbocycles. The van der Waals surface area contributed by atoms with Gasteiger partial charge in [0, 0.05) is 77.4 Å². The monoisotopic (exact) mass is 874 g/mol. The van der Waals surface area contributed by atoms with Crippen LogP contribution in [0, 0.1) is 12.8 Å². The number of amides is 5. The second kappa shape index (κ2) is 21.3. The summed E-state index contributed by atoms with van der Waals surface area (Å²) in [6, 6.07) is 11.4. The number of aryl methyl sites for hydroxylation is 2. The van der Waals surface area contributed by atoms with Crippen LogP contribution in [0.4, 0.5) is 15.3 Å². The molecule has 16 heteroatoms. The number of para-hydroxylation sites is 1. The van der Waals surface area contributed by atoms with E-state index >= 15 is 0 Å². The first kappa shape index (κ1) is 47.1. The zero-order chi connectivity index (χ0) is 43.9. The van der Waals surface area contributed by atoms with Crippen LogP contribution in [0.3, 0.4) is 0 Å². The van der Waals surface area contributed by atoms with Gasteiger partial charge in [-0.05, 0) is 113 Å². The summed E-state index contributed by atoms with van der Waals surface area (Å²) in [5.41, 5.74) is 4.72. The van der Waals surface area contributed by atoms with E-state index in [4.69, 9.17) is 13.9 Å². The minimum Gasteiger partial charge on any atom is -0.464 e. The van der Waals surface area contributed by atoms with E-state index in [1.807, 2.05) is 59.0 Å². The van der Waals surface area contributed by atoms with E-state index in [2.05, 4.69) is 12.2 Å². The number of piperidine rings is 2. The van der Waals surface area contributed by atoms with E-state index in [-0.39, 0.29) is 49.7 Å². The number of likely N-dealkylation sites (tertiary alicyclic amines) is 4. The van der Waals surface area contributed by atoms with Crippen LogP contribution >= 0.6 is 0 Å². The molecule has 5 aliphatic rings. The maximum absolute atomic E-state index is 13.8. The van der Waals surface area contributed by atoms with E-state index in [1.165, 1.54) is 4.57 Å². The highest BCUT2D eigenvalue weighted by Crippen LogP contribution is 2.27. The summed E-state index contributed by atoms with van der Waals surface area (Å²) in [5, 5.41) is 3.03. The van der Waals surface area contributed by atoms with Crippen LogP contribution in [0.15, 0.2) is 45.6 Å². The van der Waals surface area contributed by atoms with Crippen molar-refractivity contribution in [2.45, 2.75) is 110 Å². The Bertz CT molecular complexity index is 2150. The Morgan fingerprint density at radius 3 is 2.30 bits per heavy atom. The molecule has 0 spiro atoms. The molecule has 63 heavy (non-hydrogen) atoms. The highest BCUT2D eigenvalue weighted by atomic mass is 16.6. The van der Waals surface area contributed by atoms with Crippen LogP contribution < -0.4 is 11.1 Å². The molecule has 344 valence electrons. The van der Waals surface area contributed by atoms with Crippen molar-refractivity contribution in [3.8, 4) is 0 Å². The number of esters is 1. The summed E-state index contributed by atoms with van der Waals surface area (Å²) in [6.45, 7) is 9.80. The Kier molecular flexibility index (Phi) is 15.9. The summed E-state index contributed by atoms with van der Waals surface area (Å²) in [6.07, 6.45) is 6.86. The van der Waals surface area contributed by atoms with Crippen LogP contribution in [-0.2, 0) is 43.7 Å². The molecule has 2 aromatic carbocycles. The molecule has 6 heterocycles. The average molecular weight is 874 g/mol. The number of carbonyl (C=O) groups is 5. The van der Waals surface area contributed by atoms with Crippen LogP contribution in [0.25, 0.3) is 11.1 Å². The lowest BCUT2D eigenvalue weighted by Crippen LogP contribution is -2.51. The number of nitrogens with one attached hydrogen (secondary N) is 1. The fourth-order valence-electron chi connectivity index (χ4n) is 9.49. The summed E-state index contributed by atoms with van der Waals surface area (Å²) < 4.78 is 18.1. The lowest BCUT2D eigenvalue weighted by atomic mass is 9.98. The predicted octanol–water partition coefficient (Wildman–Crippen LogP) is 5.57. The molecule has 4 saturated heterocycles. The highest BCUT2D eigenvalue weighted by molar-refractivity contribution is 5.91. The Morgan fingerprint density at radius 1 is 0.873 bits per heavy atom. The average Bonchev–Trinajstić information content (AvgIpc) is 3.93. The first-order valence-corrected chi connectivity index (χ1v) is 22.5. The van der Waals surface area contributed by atoms with Gasteiger partial charge < -0.3 is 38.8 Å². The Hall–Kier alpha value is -5.38. The molecule has 0 radical (unpaired) electrons. The summed E-state index contributed by atoms with van der Waals surface area (Å²) in [4.78, 5) is 84.8. The summed E-state index contributed by atoms with van der Waals surface area (Å²) in [5.74, 6) is 0.0213. The molecule has 1 N–H and O–H groups in total. The summed E-state index contributed by atoms with van der Waals surface area (Å²) in [7, 11) is 3.62. The predicted molar refractivity (Wildman–Crippen MR) is 239 cm³/mol. The molecule has 16 nitrogen and oxygen atoms in total. The zero-order valence-electron chi connectivity index (χ0n) is 36.8. The number of aromatic nitrogens is 1. The third-order valence-electron chi connectivity index (χ3n) is 13.3. The van der Waals surface area contributed by atoms with Crippen molar-refractivity contribution in [2.24, 2.45) is 13.0 Å². The SMILES string of the molecule is C.CN1CCC[C@@H]1C(=O)OCCCN1CCCC1=O.Cc1cc(C[C@@H](OC(=O)N2CCC(N3CCc4ccccc4NC3=O)CC2)C(=O)N2CCC(C)CC2)cc2oc(=O)n(C)c12. The van der Waals surface area contributed by atoms with Crippen LogP contribution in [0.5, 0.6) is 0 Å². The quantitative estimate of drug-likeness (QED) is 0.201. The molecular weight excluding hydrogens is 807 g/mol. The second-order valence-corrected chi connectivity index (χ2v) is 17.7. The lowest BCUT2D eigenvalue weighted by Gasteiger charge is -2.38. The van der Waals surface area contributed by atoms with E-state index in [1.54, 1.807) is 22.9 Å². The third-order valence-corrected chi connectivity index (χ3v) is 13.3. The number of likely N-dealkylation sites (N-methyl/N-ethyl adjacent to an activating group) is 1. The van der Waals surface area contributed by atoms with Crippen molar-refractivity contribution in [3.05, 3.63) is 63.6 Å². The minimum absolute atomic E-state index is 0. The molecule has 3 aromatic rings. The van der Waals surface area contributed by atoms with E-state index in [9.17, 15) is 28.8 Å². The molecular formula is C47H67N7O9. The standard InChI is InChI=1S/C33H41N5O6.C13H22N2O3.CH4/c1-21-8-13-36(14-9-21)30(39)28(20-23-18-22(2)29-27(19-23)43-32(41)35(29)3)44-33(42)37-15-11-25(12-16-37)38-17-10-24-6-4-5-7-26(24)34-31(38)40;1-14-7-2-5-11(14)13(17)18-10-4-9-15-8-3-6-12(15)16;/h4-7,18-19,21,25,28H,8-17,20H2,1-3H3,(H,34,40);11H,2-10H2,1H3;1H4/t28-;11-;/m11./s1. The van der Waals surface area contributed by atoms with Gasteiger partial charge >= 0.3 is 23.8 Å². The molecule has 0 unspecified atom stereocenters. The van der Waals surface area contributed by atoms with Gasteiger partial charge in [-0.1, -0.05) is 38.6 Å². The number of ether oxygens (including phenoxy) is 2. The zero-order valence-corrected chi connectivity index (χ0v) is 36.8. The Labute approximate surface area is 370 Å². The Morgan fingerprint density at radius 2 is 1.60 bits per heavy atom. The van der Waals surface area contributed by atoms with Gasteiger partial charge in [0.1, 0.15) is 6.04 Å². The highest BCUT2D eigenvalue weighted by Gasteiger charge is 2.36. The van der Waals surface area contributed by atoms with Crippen molar-refractivity contribution in [1.82, 2.24) is 29.1 Å². The number of anilines is 1. The maximum Gasteiger partial charge on any atom is 0.419 e. The van der Waals surface area contributed by atoms with Crippen molar-refractivity contribution in [1.29, 1.82) is 0 Å². The third kappa shape index (κ3) is 11.4. The number of benzene rings is 2. The van der Waals surface area contributed by atoms with Crippen LogP contribution in [0.1, 0.15) is 88.8 Å². The molecule has 0 bridgehead atoms.